The molecule has 1 aliphatic rings. The van der Waals surface area contributed by atoms with Crippen LogP contribution in [0.1, 0.15) is 30.4 Å². The van der Waals surface area contributed by atoms with Crippen LogP contribution in [0.2, 0.25) is 0 Å². The molecule has 0 saturated carbocycles. The number of nitrogens with zero attached hydrogens (tertiary/aromatic N) is 1. The van der Waals surface area contributed by atoms with Gasteiger partial charge in [-0.15, -0.1) is 11.8 Å². The number of nitrogens with two attached hydrogens (primary N) is 1. The van der Waals surface area contributed by atoms with Crippen molar-refractivity contribution in [1.82, 2.24) is 9.55 Å². The number of unbranched alkanes of at least 4 members (excludes halogenated alkanes) is 1. The first-order valence-corrected chi connectivity index (χ1v) is 10.9. The first-order valence-electron chi connectivity index (χ1n) is 9.86. The van der Waals surface area contributed by atoms with Crippen molar-refractivity contribution in [3.05, 3.63) is 53.7 Å². The van der Waals surface area contributed by atoms with Crippen LogP contribution in [0.4, 0.5) is 0 Å². The van der Waals surface area contributed by atoms with Crippen molar-refractivity contribution in [2.24, 2.45) is 5.73 Å². The zero-order valence-electron chi connectivity index (χ0n) is 15.9. The van der Waals surface area contributed by atoms with Gasteiger partial charge in [0.2, 0.25) is 0 Å². The molecule has 0 aliphatic heterocycles. The van der Waals surface area contributed by atoms with E-state index in [1.165, 1.54) is 10.3 Å². The molecule has 5 nitrogen and oxygen atoms in total. The number of fused-ring (bicyclic) bond motifs is 2. The lowest BCUT2D eigenvalue weighted by molar-refractivity contribution is 0.359. The zero-order chi connectivity index (χ0) is 19.5. The molecular formula is C22H27N3O2S. The Hall–Kier alpha value is -2.31. The third kappa shape index (κ3) is 3.80. The number of hydrogen-bond acceptors (Lipinski definition) is 4. The summed E-state index contributed by atoms with van der Waals surface area (Å²) in [5.74, 6) is 1.31. The van der Waals surface area contributed by atoms with Crippen LogP contribution < -0.4 is 5.73 Å². The molecule has 0 spiro atoms. The van der Waals surface area contributed by atoms with Gasteiger partial charge in [0.05, 0.1) is 0 Å². The lowest BCUT2D eigenvalue weighted by atomic mass is 10.0. The number of rotatable bonds is 8. The number of H-pyrrole nitrogens is 1. The number of aromatic amines is 1. The highest BCUT2D eigenvalue weighted by Gasteiger charge is 2.22. The average Bonchev–Trinajstić information content (AvgIpc) is 3.24. The molecule has 6 heteroatoms. The third-order valence-electron chi connectivity index (χ3n) is 5.44. The molecule has 0 radical (unpaired) electrons. The second-order valence-electron chi connectivity index (χ2n) is 7.40. The number of hydrogen-bond donors (Lipinski definition) is 4. The van der Waals surface area contributed by atoms with Gasteiger partial charge < -0.3 is 20.9 Å². The van der Waals surface area contributed by atoms with Crippen molar-refractivity contribution in [1.29, 1.82) is 0 Å². The van der Waals surface area contributed by atoms with Crippen LogP contribution in [0.5, 0.6) is 11.8 Å². The van der Waals surface area contributed by atoms with E-state index in [-0.39, 0.29) is 17.8 Å². The number of benzene rings is 1. The molecular weight excluding hydrogens is 370 g/mol. The predicted octanol–water partition coefficient (Wildman–Crippen LogP) is 4.33. The smallest absolute Gasteiger partial charge is 0.197 e. The van der Waals surface area contributed by atoms with E-state index in [2.05, 4.69) is 29.4 Å². The Bertz CT molecular complexity index is 958. The molecule has 28 heavy (non-hydrogen) atoms. The van der Waals surface area contributed by atoms with E-state index >= 15 is 0 Å². The highest BCUT2D eigenvalue weighted by atomic mass is 32.2. The Morgan fingerprint density at radius 2 is 1.79 bits per heavy atom. The van der Waals surface area contributed by atoms with Crippen LogP contribution in [0.15, 0.2) is 47.5 Å². The van der Waals surface area contributed by atoms with E-state index in [1.807, 2.05) is 18.2 Å². The van der Waals surface area contributed by atoms with Crippen LogP contribution >= 0.6 is 11.8 Å². The molecule has 5 N–H and O–H groups in total. The number of nitrogens with one attached hydrogen (secondary N) is 1. The Morgan fingerprint density at radius 1 is 1.07 bits per heavy atom. The number of para-hydroxylation sites is 1. The van der Waals surface area contributed by atoms with Gasteiger partial charge in [-0.05, 0) is 31.7 Å². The lowest BCUT2D eigenvalue weighted by Crippen LogP contribution is -2.22. The minimum Gasteiger partial charge on any atom is -0.494 e. The second-order valence-corrected chi connectivity index (χ2v) is 8.46. The largest absolute Gasteiger partial charge is 0.494 e. The van der Waals surface area contributed by atoms with Crippen molar-refractivity contribution >= 4 is 22.7 Å². The first-order chi connectivity index (χ1) is 13.6. The summed E-state index contributed by atoms with van der Waals surface area (Å²) in [5.41, 5.74) is 9.20. The van der Waals surface area contributed by atoms with E-state index in [4.69, 9.17) is 5.73 Å². The maximum absolute atomic E-state index is 10.4. The first kappa shape index (κ1) is 19.0. The fourth-order valence-corrected chi connectivity index (χ4v) is 4.90. The molecule has 2 aromatic heterocycles. The molecule has 3 aromatic rings. The lowest BCUT2D eigenvalue weighted by Gasteiger charge is -2.12. The van der Waals surface area contributed by atoms with Gasteiger partial charge in [-0.3, -0.25) is 4.57 Å². The summed E-state index contributed by atoms with van der Waals surface area (Å²) in [6.45, 7) is 0.618. The fraction of sp³-hybridized carbons (Fsp3) is 0.364. The van der Waals surface area contributed by atoms with Gasteiger partial charge in [0.1, 0.15) is 0 Å². The van der Waals surface area contributed by atoms with E-state index in [9.17, 15) is 10.2 Å². The quantitative estimate of drug-likeness (QED) is 0.259. The number of aromatic nitrogens is 2. The standard InChI is InChI=1S/C22H27N3O2S/c23-15(14-28-20-13-24-19-11-4-3-10-18(19)20)7-5-6-12-25-21(26)16-8-1-2-9-17(16)22(25)27/h1-4,10-11,13,15,24,26-27H,5-9,12,14,23H2. The molecule has 1 unspecified atom stereocenters. The monoisotopic (exact) mass is 397 g/mol. The van der Waals surface area contributed by atoms with Crippen LogP contribution in [-0.2, 0) is 19.4 Å². The topological polar surface area (TPSA) is 87.2 Å². The van der Waals surface area contributed by atoms with Gasteiger partial charge in [0.15, 0.2) is 11.8 Å². The Balaban J connectivity index is 1.24. The van der Waals surface area contributed by atoms with Gasteiger partial charge >= 0.3 is 0 Å². The molecule has 2 heterocycles. The van der Waals surface area contributed by atoms with E-state index in [0.29, 0.717) is 19.4 Å². The van der Waals surface area contributed by atoms with Crippen molar-refractivity contribution in [3.63, 3.8) is 0 Å². The Morgan fingerprint density at radius 3 is 2.54 bits per heavy atom. The highest BCUT2D eigenvalue weighted by Crippen LogP contribution is 2.37. The molecule has 148 valence electrons. The molecule has 4 rings (SSSR count). The fourth-order valence-electron chi connectivity index (χ4n) is 3.86. The molecule has 1 aliphatic carbocycles. The molecule has 0 amide bonds. The van der Waals surface area contributed by atoms with Crippen molar-refractivity contribution in [3.8, 4) is 11.8 Å². The summed E-state index contributed by atoms with van der Waals surface area (Å²) in [5, 5.41) is 22.0. The Kier molecular flexibility index (Phi) is 5.69. The van der Waals surface area contributed by atoms with Crippen molar-refractivity contribution in [2.45, 2.75) is 49.6 Å². The summed E-state index contributed by atoms with van der Waals surface area (Å²) < 4.78 is 1.64. The zero-order valence-corrected chi connectivity index (χ0v) is 16.7. The summed E-state index contributed by atoms with van der Waals surface area (Å²) in [4.78, 5) is 4.54. The minimum atomic E-state index is 0.128. The van der Waals surface area contributed by atoms with Crippen LogP contribution in [-0.4, -0.2) is 31.6 Å². The maximum Gasteiger partial charge on any atom is 0.197 e. The normalized spacial score (nSPS) is 14.5. The molecule has 0 bridgehead atoms. The molecule has 0 fully saturated rings. The van der Waals surface area contributed by atoms with Gasteiger partial charge in [-0.1, -0.05) is 36.8 Å². The summed E-state index contributed by atoms with van der Waals surface area (Å²) in [6, 6.07) is 8.43. The van der Waals surface area contributed by atoms with Crippen LogP contribution in [0, 0.1) is 0 Å². The highest BCUT2D eigenvalue weighted by molar-refractivity contribution is 7.99. The average molecular weight is 398 g/mol. The van der Waals surface area contributed by atoms with Gasteiger partial charge in [0.25, 0.3) is 0 Å². The van der Waals surface area contributed by atoms with Gasteiger partial charge in [0, 0.05) is 51.5 Å². The number of aromatic hydroxyl groups is 2. The summed E-state index contributed by atoms with van der Waals surface area (Å²) in [7, 11) is 0. The number of thioether (sulfide) groups is 1. The number of allylic oxidation sites excluding steroid dienone is 2. The summed E-state index contributed by atoms with van der Waals surface area (Å²) >= 11 is 1.79. The van der Waals surface area contributed by atoms with E-state index in [0.717, 1.165) is 41.7 Å². The second kappa shape index (κ2) is 8.37. The Labute approximate surface area is 169 Å². The van der Waals surface area contributed by atoms with Crippen molar-refractivity contribution < 1.29 is 10.2 Å². The minimum absolute atomic E-state index is 0.128. The van der Waals surface area contributed by atoms with Gasteiger partial charge in [-0.2, -0.15) is 0 Å². The van der Waals surface area contributed by atoms with Crippen LogP contribution in [0.25, 0.3) is 10.9 Å². The molecule has 0 saturated heterocycles. The maximum atomic E-state index is 10.4. The van der Waals surface area contributed by atoms with Crippen molar-refractivity contribution in [2.75, 3.05) is 5.75 Å². The van der Waals surface area contributed by atoms with E-state index in [1.54, 1.807) is 16.3 Å². The summed E-state index contributed by atoms with van der Waals surface area (Å²) in [6.07, 6.45) is 10.3. The van der Waals surface area contributed by atoms with E-state index < -0.39 is 0 Å². The van der Waals surface area contributed by atoms with Crippen LogP contribution in [0.3, 0.4) is 0 Å². The third-order valence-corrected chi connectivity index (χ3v) is 6.68. The predicted molar refractivity (Wildman–Crippen MR) is 115 cm³/mol. The molecule has 1 atom stereocenters. The van der Waals surface area contributed by atoms with Gasteiger partial charge in [-0.25, -0.2) is 0 Å². The molecule has 1 aromatic carbocycles. The SMILES string of the molecule is NC(CCCCn1c(O)c2c(c1O)CC=CC2)CSc1c[nH]c2ccccc12.